The van der Waals surface area contributed by atoms with Gasteiger partial charge in [-0.1, -0.05) is 12.1 Å². The maximum absolute atomic E-state index is 13.0. The van der Waals surface area contributed by atoms with Crippen molar-refractivity contribution in [3.05, 3.63) is 58.7 Å². The Morgan fingerprint density at radius 1 is 1.16 bits per heavy atom. The van der Waals surface area contributed by atoms with Crippen LogP contribution >= 0.6 is 0 Å². The molecule has 2 atom stereocenters. The number of carbonyl (C=O) groups is 3. The fourth-order valence-electron chi connectivity index (χ4n) is 4.19. The first-order valence-corrected chi connectivity index (χ1v) is 12.1. The second kappa shape index (κ2) is 14.0. The molecule has 1 aliphatic rings. The smallest absolute Gasteiger partial charge is 0.300 e. The van der Waals surface area contributed by atoms with Gasteiger partial charge in [0.25, 0.3) is 11.9 Å². The van der Waals surface area contributed by atoms with Gasteiger partial charge in [-0.15, -0.1) is 0 Å². The molecule has 11 nitrogen and oxygen atoms in total. The normalized spacial score (nSPS) is 15.1. The van der Waals surface area contributed by atoms with E-state index in [9.17, 15) is 14.7 Å². The van der Waals surface area contributed by atoms with Crippen LogP contribution in [0.2, 0.25) is 0 Å². The lowest BCUT2D eigenvalue weighted by Gasteiger charge is -2.26. The number of carboxylic acids is 1. The third-order valence-electron chi connectivity index (χ3n) is 6.13. The van der Waals surface area contributed by atoms with Crippen molar-refractivity contribution in [3.63, 3.8) is 0 Å². The lowest BCUT2D eigenvalue weighted by molar-refractivity contribution is -0.145. The Labute approximate surface area is 222 Å². The van der Waals surface area contributed by atoms with Crippen LogP contribution in [0.1, 0.15) is 42.0 Å². The largest absolute Gasteiger partial charge is 0.497 e. The number of amides is 2. The van der Waals surface area contributed by atoms with Gasteiger partial charge in [0.05, 0.1) is 14.2 Å². The first-order chi connectivity index (χ1) is 18.0. The van der Waals surface area contributed by atoms with E-state index in [2.05, 4.69) is 5.32 Å². The lowest BCUT2D eigenvalue weighted by atomic mass is 10.0. The Kier molecular flexibility index (Phi) is 11.1. The number of hydrogen-bond donors (Lipinski definition) is 5. The second-order valence-electron chi connectivity index (χ2n) is 8.88. The van der Waals surface area contributed by atoms with Crippen LogP contribution in [-0.4, -0.2) is 71.6 Å². The van der Waals surface area contributed by atoms with Crippen molar-refractivity contribution in [1.82, 2.24) is 10.2 Å². The van der Waals surface area contributed by atoms with E-state index in [4.69, 9.17) is 30.5 Å². The van der Waals surface area contributed by atoms with Gasteiger partial charge in [0.1, 0.15) is 29.5 Å². The quantitative estimate of drug-likeness (QED) is 0.241. The minimum atomic E-state index is -1.31. The van der Waals surface area contributed by atoms with Crippen LogP contribution in [0.15, 0.2) is 36.4 Å². The monoisotopic (exact) mass is 528 g/mol. The first-order valence-electron chi connectivity index (χ1n) is 12.1. The molecular formula is C27H36N4O7. The highest BCUT2D eigenvalue weighted by molar-refractivity contribution is 5.95. The van der Waals surface area contributed by atoms with E-state index in [-0.39, 0.29) is 18.2 Å². The summed E-state index contributed by atoms with van der Waals surface area (Å²) in [6.45, 7) is 3.68. The topological polar surface area (TPSA) is 175 Å². The summed E-state index contributed by atoms with van der Waals surface area (Å²) in [6, 6.07) is 9.93. The third-order valence-corrected chi connectivity index (χ3v) is 6.13. The summed E-state index contributed by atoms with van der Waals surface area (Å²) in [7, 11) is 3.06. The third kappa shape index (κ3) is 8.20. The van der Waals surface area contributed by atoms with E-state index in [0.29, 0.717) is 48.6 Å². The fourth-order valence-corrected chi connectivity index (χ4v) is 4.19. The maximum Gasteiger partial charge on any atom is 0.300 e. The molecular weight excluding hydrogens is 492 g/mol. The Morgan fingerprint density at radius 3 is 2.42 bits per heavy atom. The highest BCUT2D eigenvalue weighted by Crippen LogP contribution is 2.26. The van der Waals surface area contributed by atoms with Crippen LogP contribution in [0.25, 0.3) is 0 Å². The van der Waals surface area contributed by atoms with E-state index in [1.165, 1.54) is 12.0 Å². The Hall–Kier alpha value is -4.12. The Morgan fingerprint density at radius 2 is 1.84 bits per heavy atom. The highest BCUT2D eigenvalue weighted by atomic mass is 16.5. The number of carboxylic acid groups (broad SMARTS) is 1. The van der Waals surface area contributed by atoms with E-state index in [0.717, 1.165) is 18.1 Å². The Bertz CT molecular complexity index is 1160. The first kappa shape index (κ1) is 30.1. The number of carbonyl (C=O) groups excluding carboxylic acids is 2. The average molecular weight is 529 g/mol. The van der Waals surface area contributed by atoms with Gasteiger partial charge in [0.15, 0.2) is 0 Å². The molecule has 0 saturated carbocycles. The molecule has 6 N–H and O–H groups in total. The van der Waals surface area contributed by atoms with Crippen LogP contribution in [0.3, 0.4) is 0 Å². The summed E-state index contributed by atoms with van der Waals surface area (Å²) in [5.74, 6) is -0.435. The van der Waals surface area contributed by atoms with Crippen LogP contribution in [0, 0.1) is 12.3 Å². The number of methoxy groups -OCH3 is 2. The molecule has 0 aliphatic carbocycles. The molecule has 0 spiro atoms. The van der Waals surface area contributed by atoms with Crippen LogP contribution in [0.4, 0.5) is 0 Å². The molecule has 2 aromatic carbocycles. The van der Waals surface area contributed by atoms with Gasteiger partial charge < -0.3 is 35.6 Å². The molecule has 0 bridgehead atoms. The molecule has 1 heterocycles. The Balaban J connectivity index is 0.00000118. The standard InChI is InChI=1S/C25H32N4O5.C2H4O2/c1-15-11-16(23(26)27)6-7-17(15)14-28-24(31)20-5-4-10-29(20)25(32)21(30)13-18-12-19(33-2)8-9-22(18)34-3;1-2(3)4/h6-9,11-12,20-21,30H,4-5,10,13-14H2,1-3H3,(H3,26,27)(H,28,31);1H3,(H,3,4). The molecule has 2 aromatic rings. The summed E-state index contributed by atoms with van der Waals surface area (Å²) in [4.78, 5) is 36.4. The minimum absolute atomic E-state index is 0.0103. The number of nitrogens with two attached hydrogens (primary N) is 1. The molecule has 1 aliphatic heterocycles. The SMILES string of the molecule is CC(=O)O.COc1ccc(OC)c(CC(O)C(=O)N2CCCC2C(=O)NCc2ccc(C(=N)N)cc2C)c1. The number of nitrogens with zero attached hydrogens (tertiary/aromatic N) is 1. The number of rotatable bonds is 9. The minimum Gasteiger partial charge on any atom is -0.497 e. The van der Waals surface area contributed by atoms with Crippen molar-refractivity contribution in [2.45, 2.75) is 51.8 Å². The number of nitrogen functional groups attached to an aromatic ring is 1. The molecule has 206 valence electrons. The number of aryl methyl sites for hydroxylation is 1. The molecule has 0 radical (unpaired) electrons. The van der Waals surface area contributed by atoms with Crippen molar-refractivity contribution in [1.29, 1.82) is 5.41 Å². The van der Waals surface area contributed by atoms with Gasteiger partial charge in [-0.3, -0.25) is 19.8 Å². The summed E-state index contributed by atoms with van der Waals surface area (Å²) >= 11 is 0. The number of aliphatic carboxylic acids is 1. The summed E-state index contributed by atoms with van der Waals surface area (Å²) in [5.41, 5.74) is 8.61. The van der Waals surface area contributed by atoms with Crippen LogP contribution in [-0.2, 0) is 27.3 Å². The van der Waals surface area contributed by atoms with Crippen molar-refractivity contribution in [2.75, 3.05) is 20.8 Å². The number of amidine groups is 1. The van der Waals surface area contributed by atoms with Gasteiger partial charge in [0.2, 0.25) is 5.91 Å². The van der Waals surface area contributed by atoms with E-state index < -0.39 is 24.0 Å². The predicted octanol–water partition coefficient (Wildman–Crippen LogP) is 1.60. The molecule has 0 aromatic heterocycles. The summed E-state index contributed by atoms with van der Waals surface area (Å²) in [5, 5.41) is 28.5. The van der Waals surface area contributed by atoms with Crippen molar-refractivity contribution < 1.29 is 34.1 Å². The van der Waals surface area contributed by atoms with E-state index >= 15 is 0 Å². The highest BCUT2D eigenvalue weighted by Gasteiger charge is 2.36. The average Bonchev–Trinajstić information content (AvgIpc) is 3.37. The van der Waals surface area contributed by atoms with Gasteiger partial charge in [0, 0.05) is 37.6 Å². The lowest BCUT2D eigenvalue weighted by Crippen LogP contribution is -2.49. The number of hydrogen-bond acceptors (Lipinski definition) is 7. The number of ether oxygens (including phenoxy) is 2. The van der Waals surface area contributed by atoms with Gasteiger partial charge >= 0.3 is 0 Å². The zero-order valence-corrected chi connectivity index (χ0v) is 22.1. The van der Waals surface area contributed by atoms with Crippen molar-refractivity contribution in [3.8, 4) is 11.5 Å². The molecule has 1 fully saturated rings. The molecule has 2 unspecified atom stereocenters. The van der Waals surface area contributed by atoms with Gasteiger partial charge in [-0.25, -0.2) is 0 Å². The number of nitrogens with one attached hydrogen (secondary N) is 2. The number of likely N-dealkylation sites (tertiary alicyclic amines) is 1. The molecule has 2 amide bonds. The summed E-state index contributed by atoms with van der Waals surface area (Å²) in [6.07, 6.45) is -0.0395. The molecule has 3 rings (SSSR count). The molecule has 11 heteroatoms. The fraction of sp³-hybridized carbons (Fsp3) is 0.407. The number of aliphatic hydroxyl groups excluding tert-OH is 1. The molecule has 38 heavy (non-hydrogen) atoms. The van der Waals surface area contributed by atoms with Crippen LogP contribution in [0.5, 0.6) is 11.5 Å². The van der Waals surface area contributed by atoms with Crippen LogP contribution < -0.4 is 20.5 Å². The second-order valence-corrected chi connectivity index (χ2v) is 8.88. The van der Waals surface area contributed by atoms with Gasteiger partial charge in [-0.2, -0.15) is 0 Å². The van der Waals surface area contributed by atoms with Crippen molar-refractivity contribution in [2.24, 2.45) is 5.73 Å². The number of aliphatic hydroxyl groups is 1. The van der Waals surface area contributed by atoms with Gasteiger partial charge in [-0.05, 0) is 55.2 Å². The van der Waals surface area contributed by atoms with E-state index in [1.807, 2.05) is 13.0 Å². The van der Waals surface area contributed by atoms with Crippen molar-refractivity contribution >= 4 is 23.6 Å². The van der Waals surface area contributed by atoms with E-state index in [1.54, 1.807) is 37.4 Å². The molecule has 1 saturated heterocycles. The maximum atomic E-state index is 13.0. The zero-order chi connectivity index (χ0) is 28.4. The number of benzene rings is 2. The predicted molar refractivity (Wildman–Crippen MR) is 141 cm³/mol. The summed E-state index contributed by atoms with van der Waals surface area (Å²) < 4.78 is 10.6. The zero-order valence-electron chi connectivity index (χ0n) is 22.1.